The second kappa shape index (κ2) is 10.1. The van der Waals surface area contributed by atoms with Crippen molar-refractivity contribution >= 4 is 17.7 Å². The molecule has 3 aromatic carbocycles. The van der Waals surface area contributed by atoms with Crippen molar-refractivity contribution in [2.24, 2.45) is 5.92 Å². The average Bonchev–Trinajstić information content (AvgIpc) is 3.20. The summed E-state index contributed by atoms with van der Waals surface area (Å²) in [6.45, 7) is -0.278. The fraction of sp³-hybridized carbons (Fsp3) is 0.231. The molecule has 0 radical (unpaired) electrons. The van der Waals surface area contributed by atoms with Gasteiger partial charge in [-0.15, -0.1) is 0 Å². The minimum atomic E-state index is -0.874. The number of nitrogens with one attached hydrogen (secondary N) is 1. The van der Waals surface area contributed by atoms with Crippen LogP contribution in [0.2, 0.25) is 0 Å². The van der Waals surface area contributed by atoms with Gasteiger partial charge < -0.3 is 15.2 Å². The highest BCUT2D eigenvalue weighted by atomic mass is 16.6. The van der Waals surface area contributed by atoms with Crippen molar-refractivity contribution in [2.75, 3.05) is 18.5 Å². The highest BCUT2D eigenvalue weighted by Gasteiger charge is 2.43. The van der Waals surface area contributed by atoms with E-state index in [1.165, 1.54) is 4.90 Å². The number of ether oxygens (including phenoxy) is 1. The number of aliphatic hydroxyl groups excluding tert-OH is 1. The van der Waals surface area contributed by atoms with E-state index < -0.39 is 36.6 Å². The molecule has 0 aromatic heterocycles. The third kappa shape index (κ3) is 4.81. The minimum absolute atomic E-state index is 0.139. The Balaban J connectivity index is 1.62. The highest BCUT2D eigenvalue weighted by Crippen LogP contribution is 2.30. The summed E-state index contributed by atoms with van der Waals surface area (Å²) in [7, 11) is 0. The molecule has 1 saturated heterocycles. The quantitative estimate of drug-likeness (QED) is 0.564. The summed E-state index contributed by atoms with van der Waals surface area (Å²) in [4.78, 5) is 27.3. The first-order valence-corrected chi connectivity index (χ1v) is 10.7. The second-order valence-corrected chi connectivity index (χ2v) is 7.82. The predicted octanol–water partition coefficient (Wildman–Crippen LogP) is 4.04. The lowest BCUT2D eigenvalue weighted by atomic mass is 9.91. The van der Waals surface area contributed by atoms with E-state index >= 15 is 0 Å². The summed E-state index contributed by atoms with van der Waals surface area (Å²) < 4.78 is 5.23. The number of anilines is 1. The molecule has 1 fully saturated rings. The SMILES string of the molecule is O=C1OC[C@H](Cc2ccccc2)N1C(=O)[C@H](CO)[C@@H](Nc1ccccc1)c1ccccc1. The number of para-hydroxylation sites is 1. The van der Waals surface area contributed by atoms with E-state index in [0.29, 0.717) is 6.42 Å². The zero-order valence-corrected chi connectivity index (χ0v) is 17.6. The Morgan fingerprint density at radius 3 is 2.19 bits per heavy atom. The Kier molecular flexibility index (Phi) is 6.82. The minimum Gasteiger partial charge on any atom is -0.447 e. The van der Waals surface area contributed by atoms with Crippen LogP contribution in [0, 0.1) is 5.92 Å². The molecule has 4 rings (SSSR count). The smallest absolute Gasteiger partial charge is 0.416 e. The van der Waals surface area contributed by atoms with Crippen LogP contribution in [0.15, 0.2) is 91.0 Å². The molecule has 164 valence electrons. The third-order valence-electron chi connectivity index (χ3n) is 5.68. The van der Waals surface area contributed by atoms with E-state index in [9.17, 15) is 14.7 Å². The number of imide groups is 1. The van der Waals surface area contributed by atoms with Crippen molar-refractivity contribution in [3.8, 4) is 0 Å². The van der Waals surface area contributed by atoms with Gasteiger partial charge in [-0.3, -0.25) is 4.79 Å². The van der Waals surface area contributed by atoms with E-state index in [4.69, 9.17) is 4.74 Å². The molecule has 6 heteroatoms. The molecule has 1 aliphatic rings. The Morgan fingerprint density at radius 1 is 0.969 bits per heavy atom. The van der Waals surface area contributed by atoms with Crippen molar-refractivity contribution in [3.63, 3.8) is 0 Å². The molecule has 2 N–H and O–H groups in total. The molecule has 0 unspecified atom stereocenters. The molecular weight excluding hydrogens is 404 g/mol. The molecule has 1 heterocycles. The fourth-order valence-corrected chi connectivity index (χ4v) is 4.06. The first kappa shape index (κ1) is 21.6. The molecule has 2 amide bonds. The zero-order chi connectivity index (χ0) is 22.3. The molecule has 1 aliphatic heterocycles. The Bertz CT molecular complexity index is 1030. The lowest BCUT2D eigenvalue weighted by Gasteiger charge is -2.31. The van der Waals surface area contributed by atoms with Gasteiger partial charge in [0.25, 0.3) is 0 Å². The predicted molar refractivity (Wildman–Crippen MR) is 122 cm³/mol. The average molecular weight is 431 g/mol. The number of carbonyl (C=O) groups is 2. The highest BCUT2D eigenvalue weighted by molar-refractivity contribution is 5.95. The molecular formula is C26H26N2O4. The van der Waals surface area contributed by atoms with E-state index in [-0.39, 0.29) is 6.61 Å². The van der Waals surface area contributed by atoms with Gasteiger partial charge >= 0.3 is 6.09 Å². The number of nitrogens with zero attached hydrogens (tertiary/aromatic N) is 1. The van der Waals surface area contributed by atoms with Crippen LogP contribution in [0.5, 0.6) is 0 Å². The Hall–Kier alpha value is -3.64. The first-order chi connectivity index (χ1) is 15.7. The molecule has 32 heavy (non-hydrogen) atoms. The van der Waals surface area contributed by atoms with Gasteiger partial charge in [0.1, 0.15) is 6.61 Å². The van der Waals surface area contributed by atoms with E-state index in [1.54, 1.807) is 0 Å². The van der Waals surface area contributed by atoms with Crippen LogP contribution in [0.4, 0.5) is 10.5 Å². The number of benzene rings is 3. The molecule has 0 saturated carbocycles. The molecule has 0 bridgehead atoms. The monoisotopic (exact) mass is 430 g/mol. The fourth-order valence-electron chi connectivity index (χ4n) is 4.06. The zero-order valence-electron chi connectivity index (χ0n) is 17.6. The molecule has 0 spiro atoms. The van der Waals surface area contributed by atoms with Crippen LogP contribution in [0.1, 0.15) is 17.2 Å². The van der Waals surface area contributed by atoms with Gasteiger partial charge in [0.2, 0.25) is 5.91 Å². The van der Waals surface area contributed by atoms with Crippen molar-refractivity contribution in [3.05, 3.63) is 102 Å². The summed E-state index contributed by atoms with van der Waals surface area (Å²) in [6.07, 6.45) is -0.167. The molecule has 0 aliphatic carbocycles. The number of carbonyl (C=O) groups excluding carboxylic acids is 2. The standard InChI is InChI=1S/C26H26N2O4/c29-17-23(24(20-12-6-2-7-13-20)27-21-14-8-3-9-15-21)25(30)28-22(18-32-26(28)31)16-19-10-4-1-5-11-19/h1-15,22-24,27,29H,16-18H2/t22-,23+,24-/m0/s1. The summed E-state index contributed by atoms with van der Waals surface area (Å²) in [5.74, 6) is -1.32. The van der Waals surface area contributed by atoms with Crippen molar-refractivity contribution in [1.82, 2.24) is 4.90 Å². The largest absolute Gasteiger partial charge is 0.447 e. The molecule has 6 nitrogen and oxygen atoms in total. The van der Waals surface area contributed by atoms with E-state index in [0.717, 1.165) is 16.8 Å². The van der Waals surface area contributed by atoms with Crippen LogP contribution in [0.25, 0.3) is 0 Å². The summed E-state index contributed by atoms with van der Waals surface area (Å²) in [5.41, 5.74) is 2.67. The van der Waals surface area contributed by atoms with Gasteiger partial charge in [-0.2, -0.15) is 0 Å². The van der Waals surface area contributed by atoms with Gasteiger partial charge in [-0.05, 0) is 29.7 Å². The number of cyclic esters (lactones) is 1. The lowest BCUT2D eigenvalue weighted by Crippen LogP contribution is -2.47. The number of hydrogen-bond donors (Lipinski definition) is 2. The van der Waals surface area contributed by atoms with Crippen LogP contribution < -0.4 is 5.32 Å². The lowest BCUT2D eigenvalue weighted by molar-refractivity contribution is -0.135. The molecule has 3 aromatic rings. The molecule has 3 atom stereocenters. The van der Waals surface area contributed by atoms with Gasteiger partial charge in [0.15, 0.2) is 0 Å². The maximum atomic E-state index is 13.6. The van der Waals surface area contributed by atoms with Crippen molar-refractivity contribution < 1.29 is 19.4 Å². The number of hydrogen-bond acceptors (Lipinski definition) is 5. The third-order valence-corrected chi connectivity index (χ3v) is 5.68. The topological polar surface area (TPSA) is 78.9 Å². The summed E-state index contributed by atoms with van der Waals surface area (Å²) in [5, 5.41) is 13.7. The van der Waals surface area contributed by atoms with Crippen LogP contribution in [-0.2, 0) is 16.0 Å². The Morgan fingerprint density at radius 2 is 1.56 bits per heavy atom. The van der Waals surface area contributed by atoms with Crippen LogP contribution >= 0.6 is 0 Å². The maximum Gasteiger partial charge on any atom is 0.416 e. The number of amides is 2. The number of rotatable bonds is 8. The van der Waals surface area contributed by atoms with Crippen molar-refractivity contribution in [1.29, 1.82) is 0 Å². The van der Waals surface area contributed by atoms with Crippen LogP contribution in [-0.4, -0.2) is 41.3 Å². The number of aliphatic hydroxyl groups is 1. The first-order valence-electron chi connectivity index (χ1n) is 10.7. The van der Waals surface area contributed by atoms with Crippen molar-refractivity contribution in [2.45, 2.75) is 18.5 Å². The normalized spacial score (nSPS) is 17.5. The van der Waals surface area contributed by atoms with Crippen LogP contribution in [0.3, 0.4) is 0 Å². The van der Waals surface area contributed by atoms with E-state index in [1.807, 2.05) is 91.0 Å². The van der Waals surface area contributed by atoms with Gasteiger partial charge in [0, 0.05) is 5.69 Å². The Labute approximate surface area is 187 Å². The van der Waals surface area contributed by atoms with Gasteiger partial charge in [0.05, 0.1) is 24.6 Å². The van der Waals surface area contributed by atoms with Gasteiger partial charge in [-0.1, -0.05) is 78.9 Å². The maximum absolute atomic E-state index is 13.6. The summed E-state index contributed by atoms with van der Waals surface area (Å²) >= 11 is 0. The van der Waals surface area contributed by atoms with Gasteiger partial charge in [-0.25, -0.2) is 9.69 Å². The summed E-state index contributed by atoms with van der Waals surface area (Å²) in [6, 6.07) is 27.7. The second-order valence-electron chi connectivity index (χ2n) is 7.82. The van der Waals surface area contributed by atoms with E-state index in [2.05, 4.69) is 5.32 Å².